The van der Waals surface area contributed by atoms with E-state index in [4.69, 9.17) is 14.2 Å². The Balaban J connectivity index is 1.72. The average Bonchev–Trinajstić information content (AvgIpc) is 3.07. The largest absolute Gasteiger partial charge is 0.493 e. The lowest BCUT2D eigenvalue weighted by Gasteiger charge is -2.70. The van der Waals surface area contributed by atoms with Crippen molar-refractivity contribution in [1.29, 1.82) is 0 Å². The van der Waals surface area contributed by atoms with Gasteiger partial charge < -0.3 is 19.1 Å². The molecule has 2 heterocycles. The molecule has 6 atom stereocenters. The number of Topliss-reactive ketones (excluding diaryl/α,β-unsaturated/α-hetero) is 1. The molecule has 7 rings (SSSR count). The lowest BCUT2D eigenvalue weighted by atomic mass is 9.37. The number of methoxy groups -OCH3 is 2. The van der Waals surface area contributed by atoms with Gasteiger partial charge in [0.15, 0.2) is 11.5 Å². The Morgan fingerprint density at radius 1 is 1.29 bits per heavy atom. The van der Waals surface area contributed by atoms with E-state index in [1.54, 1.807) is 21.1 Å². The minimum atomic E-state index is -0.716. The van der Waals surface area contributed by atoms with Crippen LogP contribution in [0.25, 0.3) is 0 Å². The minimum absolute atomic E-state index is 0.105. The van der Waals surface area contributed by atoms with Gasteiger partial charge in [-0.2, -0.15) is 0 Å². The van der Waals surface area contributed by atoms with Crippen LogP contribution in [0.3, 0.4) is 0 Å². The van der Waals surface area contributed by atoms with Crippen LogP contribution in [-0.2, 0) is 21.4 Å². The van der Waals surface area contributed by atoms with Crippen LogP contribution in [-0.4, -0.2) is 56.2 Å². The van der Waals surface area contributed by atoms with Gasteiger partial charge in [0.2, 0.25) is 0 Å². The number of carbonyl (C=O) groups excluding carboxylic acids is 1. The SMILES string of the molecule is COc1ccc2c3c1O[C@H]1C34CCN(C)C(C2)[C@@]42C=C[C@]1(OC)[C@H](C(C)=O)C2. The van der Waals surface area contributed by atoms with Gasteiger partial charge in [0.05, 0.1) is 18.4 Å². The molecule has 0 N–H and O–H groups in total. The van der Waals surface area contributed by atoms with Crippen molar-refractivity contribution < 1.29 is 19.0 Å². The number of hydrogen-bond acceptors (Lipinski definition) is 5. The lowest BCUT2D eigenvalue weighted by Crippen LogP contribution is -2.79. The third-order valence-corrected chi connectivity index (χ3v) is 8.77. The summed E-state index contributed by atoms with van der Waals surface area (Å²) in [7, 11) is 5.67. The number of nitrogens with zero attached hydrogens (tertiary/aromatic N) is 1. The second kappa shape index (κ2) is 5.00. The first-order valence-corrected chi connectivity index (χ1v) is 10.3. The zero-order valence-electron chi connectivity index (χ0n) is 17.0. The second-order valence-electron chi connectivity index (χ2n) is 9.35. The number of likely N-dealkylation sites (tertiary alicyclic amines) is 1. The molecule has 6 aliphatic rings. The van der Waals surface area contributed by atoms with Crippen LogP contribution in [0.1, 0.15) is 30.9 Å². The number of piperidine rings is 1. The summed E-state index contributed by atoms with van der Waals surface area (Å²) >= 11 is 0. The van der Waals surface area contributed by atoms with E-state index in [2.05, 4.69) is 30.2 Å². The molecule has 4 bridgehead atoms. The van der Waals surface area contributed by atoms with Gasteiger partial charge in [-0.15, -0.1) is 0 Å². The summed E-state index contributed by atoms with van der Waals surface area (Å²) in [6.07, 6.45) is 7.19. The molecule has 5 heteroatoms. The van der Waals surface area contributed by atoms with Gasteiger partial charge in [-0.3, -0.25) is 4.79 Å². The summed E-state index contributed by atoms with van der Waals surface area (Å²) in [5.74, 6) is 1.68. The fraction of sp³-hybridized carbons (Fsp3) is 0.609. The molecule has 0 radical (unpaired) electrons. The molecule has 2 fully saturated rings. The van der Waals surface area contributed by atoms with Gasteiger partial charge in [0.1, 0.15) is 17.5 Å². The molecule has 4 aliphatic carbocycles. The highest BCUT2D eigenvalue weighted by atomic mass is 16.6. The Morgan fingerprint density at radius 2 is 2.11 bits per heavy atom. The maximum absolute atomic E-state index is 12.8. The van der Waals surface area contributed by atoms with Crippen molar-refractivity contribution in [2.24, 2.45) is 11.3 Å². The Morgan fingerprint density at radius 3 is 2.82 bits per heavy atom. The quantitative estimate of drug-likeness (QED) is 0.753. The van der Waals surface area contributed by atoms with Gasteiger partial charge in [-0.05, 0) is 51.4 Å². The maximum atomic E-state index is 12.8. The fourth-order valence-electron chi connectivity index (χ4n) is 7.67. The molecular formula is C23H27NO4. The zero-order chi connectivity index (χ0) is 19.5. The third-order valence-electron chi connectivity index (χ3n) is 8.77. The summed E-state index contributed by atoms with van der Waals surface area (Å²) in [5.41, 5.74) is 1.72. The second-order valence-corrected chi connectivity index (χ2v) is 9.35. The molecule has 1 aromatic rings. The molecule has 5 nitrogen and oxygen atoms in total. The number of likely N-dealkylation sites (N-methyl/N-ethyl adjacent to an activating group) is 1. The molecule has 1 saturated heterocycles. The number of fused-ring (bicyclic) bond motifs is 1. The summed E-state index contributed by atoms with van der Waals surface area (Å²) in [4.78, 5) is 15.3. The zero-order valence-corrected chi connectivity index (χ0v) is 17.0. The van der Waals surface area contributed by atoms with Crippen molar-refractivity contribution in [2.75, 3.05) is 27.8 Å². The molecule has 28 heavy (non-hydrogen) atoms. The predicted octanol–water partition coefficient (Wildman–Crippen LogP) is 2.50. The van der Waals surface area contributed by atoms with E-state index in [-0.39, 0.29) is 28.6 Å². The van der Waals surface area contributed by atoms with Crippen LogP contribution < -0.4 is 9.47 Å². The van der Waals surface area contributed by atoms with E-state index >= 15 is 0 Å². The van der Waals surface area contributed by atoms with Crippen molar-refractivity contribution in [1.82, 2.24) is 4.90 Å². The van der Waals surface area contributed by atoms with Gasteiger partial charge in [-0.25, -0.2) is 0 Å². The Hall–Kier alpha value is -1.85. The highest BCUT2D eigenvalue weighted by Gasteiger charge is 2.79. The lowest BCUT2D eigenvalue weighted by molar-refractivity contribution is -0.212. The van der Waals surface area contributed by atoms with Crippen LogP contribution in [0, 0.1) is 11.3 Å². The van der Waals surface area contributed by atoms with Crippen molar-refractivity contribution in [2.45, 2.75) is 49.3 Å². The van der Waals surface area contributed by atoms with Crippen LogP contribution in [0.4, 0.5) is 0 Å². The molecular weight excluding hydrogens is 354 g/mol. The monoisotopic (exact) mass is 381 g/mol. The molecule has 2 aliphatic heterocycles. The van der Waals surface area contributed by atoms with Gasteiger partial charge in [0.25, 0.3) is 0 Å². The smallest absolute Gasteiger partial charge is 0.166 e. The number of carbonyl (C=O) groups is 1. The van der Waals surface area contributed by atoms with Crippen LogP contribution in [0.2, 0.25) is 0 Å². The standard InChI is InChI=1S/C23H27NO4/c1-13(25)15-12-21-7-8-23(15,27-4)20-22(21)9-10-24(2)17(21)11-14-5-6-16(26-3)19(28-20)18(14)22/h5-8,15,17,20H,9-12H2,1-4H3/t15-,17?,20-,21-,22?,23-/m0/s1. The molecule has 1 aromatic carbocycles. The summed E-state index contributed by atoms with van der Waals surface area (Å²) in [5, 5.41) is 0. The highest BCUT2D eigenvalue weighted by molar-refractivity contribution is 5.82. The maximum Gasteiger partial charge on any atom is 0.166 e. The number of ketones is 1. The molecule has 0 amide bonds. The topological polar surface area (TPSA) is 48.0 Å². The first kappa shape index (κ1) is 17.0. The molecule has 2 unspecified atom stereocenters. The van der Waals surface area contributed by atoms with E-state index in [1.165, 1.54) is 11.1 Å². The highest BCUT2D eigenvalue weighted by Crippen LogP contribution is 2.74. The van der Waals surface area contributed by atoms with E-state index in [0.717, 1.165) is 37.3 Å². The summed E-state index contributed by atoms with van der Waals surface area (Å²) in [6, 6.07) is 4.62. The first-order chi connectivity index (χ1) is 13.4. The number of hydrogen-bond donors (Lipinski definition) is 0. The van der Waals surface area contributed by atoms with Gasteiger partial charge in [-0.1, -0.05) is 18.2 Å². The van der Waals surface area contributed by atoms with Crippen molar-refractivity contribution >= 4 is 5.78 Å². The predicted molar refractivity (Wildman–Crippen MR) is 104 cm³/mol. The Kier molecular flexibility index (Phi) is 3.05. The van der Waals surface area contributed by atoms with E-state index in [0.29, 0.717) is 6.04 Å². The Bertz CT molecular complexity index is 941. The first-order valence-electron chi connectivity index (χ1n) is 10.3. The molecule has 0 aromatic heterocycles. The van der Waals surface area contributed by atoms with Crippen molar-refractivity contribution in [3.63, 3.8) is 0 Å². The molecule has 1 saturated carbocycles. The van der Waals surface area contributed by atoms with E-state index in [1.807, 2.05) is 6.07 Å². The number of rotatable bonds is 3. The van der Waals surface area contributed by atoms with E-state index in [9.17, 15) is 4.79 Å². The van der Waals surface area contributed by atoms with Gasteiger partial charge >= 0.3 is 0 Å². The van der Waals surface area contributed by atoms with Gasteiger partial charge in [0, 0.05) is 24.1 Å². The summed E-state index contributed by atoms with van der Waals surface area (Å²) in [6.45, 7) is 2.74. The number of benzene rings is 1. The molecule has 2 spiro atoms. The van der Waals surface area contributed by atoms with Crippen LogP contribution in [0.15, 0.2) is 24.3 Å². The minimum Gasteiger partial charge on any atom is -0.493 e. The van der Waals surface area contributed by atoms with Crippen molar-refractivity contribution in [3.8, 4) is 11.5 Å². The fourth-order valence-corrected chi connectivity index (χ4v) is 7.67. The van der Waals surface area contributed by atoms with E-state index < -0.39 is 5.60 Å². The van der Waals surface area contributed by atoms with Crippen LogP contribution >= 0.6 is 0 Å². The number of ether oxygens (including phenoxy) is 3. The summed E-state index contributed by atoms with van der Waals surface area (Å²) < 4.78 is 18.7. The third kappa shape index (κ3) is 1.49. The molecule has 148 valence electrons. The Labute approximate surface area is 165 Å². The normalized spacial score (nSPS) is 44.2. The average molecular weight is 381 g/mol. The van der Waals surface area contributed by atoms with Crippen molar-refractivity contribution in [3.05, 3.63) is 35.4 Å². The van der Waals surface area contributed by atoms with Crippen LogP contribution in [0.5, 0.6) is 11.5 Å².